The summed E-state index contributed by atoms with van der Waals surface area (Å²) in [5, 5.41) is 20.9. The zero-order valence-corrected chi connectivity index (χ0v) is 24.1. The topological polar surface area (TPSA) is 138 Å². The Hall–Kier alpha value is -3.61. The number of aliphatic carboxylic acids is 1. The molecule has 1 unspecified atom stereocenters. The summed E-state index contributed by atoms with van der Waals surface area (Å²) in [6.07, 6.45) is 5.35. The first-order valence-electron chi connectivity index (χ1n) is 12.3. The van der Waals surface area contributed by atoms with Crippen molar-refractivity contribution in [2.45, 2.75) is 25.0 Å². The maximum Gasteiger partial charge on any atom is 0.324 e. The standard InChI is InChI=1S/C26H28Cl2N6O5S/c1-17(35)29-9-3-10-32(2)24-6-7-25(31-30-24)33-11-8-18-12-21(4-5-23(18)33)34(16-26(36)37)40(38,39)22-14-19(27)13-20(28)15-22/h4-8,11-14,22H,3,9-10,15-16H2,1-2H3,(H,29,35)(H,36,37). The third-order valence-corrected chi connectivity index (χ3v) is 8.81. The van der Waals surface area contributed by atoms with Gasteiger partial charge in [0.05, 0.1) is 11.2 Å². The van der Waals surface area contributed by atoms with Crippen LogP contribution in [-0.2, 0) is 19.6 Å². The molecule has 2 aromatic heterocycles. The van der Waals surface area contributed by atoms with Crippen LogP contribution in [0.1, 0.15) is 19.8 Å². The van der Waals surface area contributed by atoms with Crippen LogP contribution in [0.3, 0.4) is 0 Å². The molecule has 0 radical (unpaired) electrons. The van der Waals surface area contributed by atoms with E-state index < -0.39 is 27.8 Å². The van der Waals surface area contributed by atoms with Crippen molar-refractivity contribution in [3.63, 3.8) is 0 Å². The number of fused-ring (bicyclic) bond motifs is 1. The van der Waals surface area contributed by atoms with Crippen LogP contribution in [0.15, 0.2) is 64.8 Å². The fourth-order valence-electron chi connectivity index (χ4n) is 4.32. The van der Waals surface area contributed by atoms with Crippen LogP contribution in [-0.4, -0.2) is 72.1 Å². The lowest BCUT2D eigenvalue weighted by atomic mass is 10.2. The summed E-state index contributed by atoms with van der Waals surface area (Å²) in [6, 6.07) is 10.3. The molecule has 3 aromatic rings. The molecule has 1 aromatic carbocycles. The molecule has 1 amide bonds. The van der Waals surface area contributed by atoms with Gasteiger partial charge in [0, 0.05) is 55.1 Å². The van der Waals surface area contributed by atoms with Crippen molar-refractivity contribution in [1.29, 1.82) is 0 Å². The number of carboxylic acid groups (broad SMARTS) is 1. The van der Waals surface area contributed by atoms with E-state index in [0.717, 1.165) is 16.2 Å². The van der Waals surface area contributed by atoms with Crippen LogP contribution in [0, 0.1) is 0 Å². The predicted octanol–water partition coefficient (Wildman–Crippen LogP) is 3.62. The first-order chi connectivity index (χ1) is 19.0. The first kappa shape index (κ1) is 29.4. The smallest absolute Gasteiger partial charge is 0.324 e. The van der Waals surface area contributed by atoms with Gasteiger partial charge in [-0.2, -0.15) is 0 Å². The van der Waals surface area contributed by atoms with Crippen LogP contribution >= 0.6 is 23.2 Å². The van der Waals surface area contributed by atoms with Gasteiger partial charge in [-0.3, -0.25) is 18.5 Å². The van der Waals surface area contributed by atoms with Crippen molar-refractivity contribution in [1.82, 2.24) is 20.1 Å². The summed E-state index contributed by atoms with van der Waals surface area (Å²) in [5.41, 5.74) is 0.930. The lowest BCUT2D eigenvalue weighted by molar-refractivity contribution is -0.135. The molecule has 0 saturated carbocycles. The van der Waals surface area contributed by atoms with Gasteiger partial charge in [-0.1, -0.05) is 23.2 Å². The summed E-state index contributed by atoms with van der Waals surface area (Å²) in [5.74, 6) is -0.143. The number of nitrogens with one attached hydrogen (secondary N) is 1. The molecule has 4 rings (SSSR count). The van der Waals surface area contributed by atoms with Gasteiger partial charge in [0.2, 0.25) is 15.9 Å². The van der Waals surface area contributed by atoms with Gasteiger partial charge in [-0.15, -0.1) is 10.2 Å². The van der Waals surface area contributed by atoms with Crippen molar-refractivity contribution in [2.24, 2.45) is 0 Å². The second-order valence-corrected chi connectivity index (χ2v) is 12.3. The number of aromatic nitrogens is 3. The van der Waals surface area contributed by atoms with Gasteiger partial charge in [0.15, 0.2) is 11.6 Å². The Bertz CT molecular complexity index is 1590. The Morgan fingerprint density at radius 1 is 1.18 bits per heavy atom. The Labute approximate surface area is 241 Å². The van der Waals surface area contributed by atoms with E-state index in [0.29, 0.717) is 30.1 Å². The zero-order chi connectivity index (χ0) is 29.0. The third kappa shape index (κ3) is 6.75. The number of halogens is 2. The van der Waals surface area contributed by atoms with E-state index >= 15 is 0 Å². The van der Waals surface area contributed by atoms with Gasteiger partial charge in [0.25, 0.3) is 0 Å². The Kier molecular flexibility index (Phi) is 9.02. The highest BCUT2D eigenvalue weighted by Gasteiger charge is 2.34. The lowest BCUT2D eigenvalue weighted by Crippen LogP contribution is -2.41. The molecule has 0 fully saturated rings. The fraction of sp³-hybridized carbons (Fsp3) is 0.308. The van der Waals surface area contributed by atoms with Crippen molar-refractivity contribution in [2.75, 3.05) is 35.9 Å². The molecule has 11 nitrogen and oxygen atoms in total. The van der Waals surface area contributed by atoms with Crippen LogP contribution in [0.25, 0.3) is 16.7 Å². The molecule has 212 valence electrons. The zero-order valence-electron chi connectivity index (χ0n) is 21.8. The minimum atomic E-state index is -4.17. The normalized spacial score (nSPS) is 15.3. The van der Waals surface area contributed by atoms with Gasteiger partial charge < -0.3 is 15.3 Å². The Morgan fingerprint density at radius 3 is 2.60 bits per heavy atom. The molecule has 0 bridgehead atoms. The van der Waals surface area contributed by atoms with Crippen LogP contribution < -0.4 is 14.5 Å². The van der Waals surface area contributed by atoms with Crippen molar-refractivity contribution in [3.05, 3.63) is 64.8 Å². The highest BCUT2D eigenvalue weighted by molar-refractivity contribution is 7.93. The summed E-state index contributed by atoms with van der Waals surface area (Å²) in [4.78, 5) is 24.6. The van der Waals surface area contributed by atoms with Crippen molar-refractivity contribution >= 4 is 67.5 Å². The number of hydrogen-bond acceptors (Lipinski definition) is 7. The van der Waals surface area contributed by atoms with E-state index in [1.807, 2.05) is 24.1 Å². The number of amides is 1. The highest BCUT2D eigenvalue weighted by Crippen LogP contribution is 2.32. The minimum Gasteiger partial charge on any atom is -0.480 e. The monoisotopic (exact) mass is 606 g/mol. The molecule has 14 heteroatoms. The average molecular weight is 608 g/mol. The van der Waals surface area contributed by atoms with Gasteiger partial charge >= 0.3 is 5.97 Å². The molecule has 0 spiro atoms. The molecule has 0 saturated heterocycles. The molecule has 1 atom stereocenters. The number of hydrogen-bond donors (Lipinski definition) is 2. The highest BCUT2D eigenvalue weighted by atomic mass is 35.5. The minimum absolute atomic E-state index is 0.00595. The van der Waals surface area contributed by atoms with Crippen LogP contribution in [0.5, 0.6) is 0 Å². The maximum absolute atomic E-state index is 13.5. The molecular weight excluding hydrogens is 579 g/mol. The SMILES string of the molecule is CC(=O)NCCCN(C)c1ccc(-n2ccc3cc(N(CC(=O)O)S(=O)(=O)C4C=C(Cl)C=C(Cl)C4)ccc32)nn1. The molecule has 1 aliphatic rings. The van der Waals surface area contributed by atoms with Gasteiger partial charge in [-0.25, -0.2) is 8.42 Å². The number of allylic oxidation sites excluding steroid dienone is 3. The van der Waals surface area contributed by atoms with E-state index in [1.54, 1.807) is 35.0 Å². The number of nitrogens with zero attached hydrogens (tertiary/aromatic N) is 5. The lowest BCUT2D eigenvalue weighted by Gasteiger charge is -2.28. The van der Waals surface area contributed by atoms with Crippen molar-refractivity contribution in [3.8, 4) is 5.82 Å². The van der Waals surface area contributed by atoms with E-state index in [4.69, 9.17) is 23.2 Å². The van der Waals surface area contributed by atoms with Crippen molar-refractivity contribution < 1.29 is 23.1 Å². The summed E-state index contributed by atoms with van der Waals surface area (Å²) >= 11 is 12.1. The van der Waals surface area contributed by atoms with E-state index in [2.05, 4.69) is 15.5 Å². The Balaban J connectivity index is 1.57. The number of rotatable bonds is 11. The van der Waals surface area contributed by atoms with E-state index in [9.17, 15) is 23.1 Å². The van der Waals surface area contributed by atoms with E-state index in [-0.39, 0.29) is 28.1 Å². The maximum atomic E-state index is 13.5. The quantitative estimate of drug-likeness (QED) is 0.316. The third-order valence-electron chi connectivity index (χ3n) is 6.28. The van der Waals surface area contributed by atoms with Crippen LogP contribution in [0.4, 0.5) is 11.5 Å². The molecule has 40 heavy (non-hydrogen) atoms. The average Bonchev–Trinajstić information content (AvgIpc) is 3.32. The van der Waals surface area contributed by atoms with E-state index in [1.165, 1.54) is 19.1 Å². The number of carboxylic acids is 1. The second kappa shape index (κ2) is 12.3. The van der Waals surface area contributed by atoms with Crippen LogP contribution in [0.2, 0.25) is 0 Å². The summed E-state index contributed by atoms with van der Waals surface area (Å²) in [6.45, 7) is 1.98. The molecule has 2 heterocycles. The number of carbonyl (C=O) groups excluding carboxylic acids is 1. The number of anilines is 2. The molecular formula is C26H28Cl2N6O5S. The van der Waals surface area contributed by atoms with Gasteiger partial charge in [-0.05, 0) is 55.0 Å². The first-order valence-corrected chi connectivity index (χ1v) is 14.6. The summed E-state index contributed by atoms with van der Waals surface area (Å²) < 4.78 is 29.7. The predicted molar refractivity (Wildman–Crippen MR) is 156 cm³/mol. The second-order valence-electron chi connectivity index (χ2n) is 9.27. The number of benzene rings is 1. The fourth-order valence-corrected chi connectivity index (χ4v) is 6.84. The largest absolute Gasteiger partial charge is 0.480 e. The number of carbonyl (C=O) groups is 2. The molecule has 2 N–H and O–H groups in total. The molecule has 0 aliphatic heterocycles. The molecule has 1 aliphatic carbocycles. The summed E-state index contributed by atoms with van der Waals surface area (Å²) in [7, 11) is -2.27. The number of sulfonamides is 1. The van der Waals surface area contributed by atoms with Gasteiger partial charge in [0.1, 0.15) is 11.8 Å². The Morgan fingerprint density at radius 2 is 1.95 bits per heavy atom.